The average Bonchev–Trinajstić information content (AvgIpc) is 2.64. The summed E-state index contributed by atoms with van der Waals surface area (Å²) in [7, 11) is 1.61. The van der Waals surface area contributed by atoms with Crippen molar-refractivity contribution in [2.45, 2.75) is 0 Å². The molecule has 0 aliphatic rings. The number of H-pyrrole nitrogens is 1. The van der Waals surface area contributed by atoms with E-state index in [2.05, 4.69) is 25.9 Å². The summed E-state index contributed by atoms with van der Waals surface area (Å²) < 4.78 is 5.76. The van der Waals surface area contributed by atoms with Crippen molar-refractivity contribution in [1.82, 2.24) is 9.97 Å². The zero-order valence-electron chi connectivity index (χ0n) is 7.92. The second-order valence-electron chi connectivity index (χ2n) is 2.93. The van der Waals surface area contributed by atoms with Crippen LogP contribution in [0.1, 0.15) is 0 Å². The van der Waals surface area contributed by atoms with Gasteiger partial charge < -0.3 is 9.72 Å². The van der Waals surface area contributed by atoms with Gasteiger partial charge in [-0.2, -0.15) is 0 Å². The molecule has 2 aromatic rings. The van der Waals surface area contributed by atoms with Gasteiger partial charge in [-0.1, -0.05) is 11.6 Å². The van der Waals surface area contributed by atoms with Crippen LogP contribution in [0.4, 0.5) is 0 Å². The Morgan fingerprint density at radius 2 is 2.27 bits per heavy atom. The maximum absolute atomic E-state index is 6.11. The first-order chi connectivity index (χ1) is 7.20. The highest BCUT2D eigenvalue weighted by Gasteiger charge is 2.07. The van der Waals surface area contributed by atoms with Gasteiger partial charge in [0.2, 0.25) is 0 Å². The van der Waals surface area contributed by atoms with E-state index in [1.165, 1.54) is 0 Å². The van der Waals surface area contributed by atoms with Crippen LogP contribution in [0.15, 0.2) is 29.1 Å². The molecule has 0 amide bonds. The molecule has 15 heavy (non-hydrogen) atoms. The molecular weight excluding hydrogens is 279 g/mol. The van der Waals surface area contributed by atoms with E-state index >= 15 is 0 Å². The molecule has 2 rings (SSSR count). The van der Waals surface area contributed by atoms with Gasteiger partial charge in [0.1, 0.15) is 5.75 Å². The topological polar surface area (TPSA) is 37.9 Å². The minimum Gasteiger partial charge on any atom is -0.497 e. The molecule has 3 nitrogen and oxygen atoms in total. The quantitative estimate of drug-likeness (QED) is 0.918. The Balaban J connectivity index is 2.45. The number of imidazole rings is 1. The third-order valence-corrected chi connectivity index (χ3v) is 2.73. The molecule has 1 aromatic heterocycles. The molecule has 5 heteroatoms. The summed E-state index contributed by atoms with van der Waals surface area (Å²) in [5.41, 5.74) is 1.77. The SMILES string of the molecule is COc1ccc(-c2cnc(Br)[nH]2)c(Cl)c1. The highest BCUT2D eigenvalue weighted by Crippen LogP contribution is 2.30. The van der Waals surface area contributed by atoms with Crippen LogP contribution in [-0.2, 0) is 0 Å². The summed E-state index contributed by atoms with van der Waals surface area (Å²) in [4.78, 5) is 7.10. The van der Waals surface area contributed by atoms with Gasteiger partial charge in [-0.15, -0.1) is 0 Å². The first kappa shape index (κ1) is 10.5. The fourth-order valence-electron chi connectivity index (χ4n) is 1.28. The lowest BCUT2D eigenvalue weighted by Gasteiger charge is -2.04. The summed E-state index contributed by atoms with van der Waals surface area (Å²) in [5.74, 6) is 0.738. The Hall–Kier alpha value is -1.00. The highest BCUT2D eigenvalue weighted by molar-refractivity contribution is 9.10. The molecule has 0 bridgehead atoms. The second kappa shape index (κ2) is 4.24. The third kappa shape index (κ3) is 2.16. The Morgan fingerprint density at radius 3 is 2.80 bits per heavy atom. The number of hydrogen-bond acceptors (Lipinski definition) is 2. The molecule has 0 radical (unpaired) electrons. The van der Waals surface area contributed by atoms with Crippen molar-refractivity contribution in [3.8, 4) is 17.0 Å². The van der Waals surface area contributed by atoms with Crippen molar-refractivity contribution < 1.29 is 4.74 Å². The maximum Gasteiger partial charge on any atom is 0.174 e. The van der Waals surface area contributed by atoms with E-state index < -0.39 is 0 Å². The van der Waals surface area contributed by atoms with Crippen LogP contribution in [0.2, 0.25) is 5.02 Å². The summed E-state index contributed by atoms with van der Waals surface area (Å²) in [5, 5.41) is 0.630. The van der Waals surface area contributed by atoms with E-state index in [1.807, 2.05) is 12.1 Å². The molecule has 0 aliphatic heterocycles. The molecule has 0 saturated heterocycles. The zero-order valence-corrected chi connectivity index (χ0v) is 10.3. The standard InChI is InChI=1S/C10H8BrClN2O/c1-15-6-2-3-7(8(12)4-6)9-5-13-10(11)14-9/h2-5H,1H3,(H,13,14). The minimum atomic E-state index is 0.630. The number of rotatable bonds is 2. The summed E-state index contributed by atoms with van der Waals surface area (Å²) in [6.07, 6.45) is 1.72. The normalized spacial score (nSPS) is 10.3. The minimum absolute atomic E-state index is 0.630. The van der Waals surface area contributed by atoms with E-state index in [1.54, 1.807) is 19.4 Å². The molecule has 0 saturated carbocycles. The highest BCUT2D eigenvalue weighted by atomic mass is 79.9. The van der Waals surface area contributed by atoms with Crippen LogP contribution in [0.3, 0.4) is 0 Å². The monoisotopic (exact) mass is 286 g/mol. The number of nitrogens with one attached hydrogen (secondary N) is 1. The van der Waals surface area contributed by atoms with E-state index in [0.29, 0.717) is 9.76 Å². The van der Waals surface area contributed by atoms with Gasteiger partial charge in [0.15, 0.2) is 4.73 Å². The fraction of sp³-hybridized carbons (Fsp3) is 0.100. The van der Waals surface area contributed by atoms with Gasteiger partial charge >= 0.3 is 0 Å². The molecule has 78 valence electrons. The average molecular weight is 288 g/mol. The number of benzene rings is 1. The van der Waals surface area contributed by atoms with E-state index in [9.17, 15) is 0 Å². The van der Waals surface area contributed by atoms with E-state index in [-0.39, 0.29) is 0 Å². The number of halogens is 2. The number of ether oxygens (including phenoxy) is 1. The lowest BCUT2D eigenvalue weighted by molar-refractivity contribution is 0.415. The first-order valence-electron chi connectivity index (χ1n) is 4.25. The van der Waals surface area contributed by atoms with Gasteiger partial charge in [-0.25, -0.2) is 4.98 Å². The molecule has 1 N–H and O–H groups in total. The van der Waals surface area contributed by atoms with Gasteiger partial charge in [-0.05, 0) is 34.1 Å². The van der Waals surface area contributed by atoms with Crippen LogP contribution in [0, 0.1) is 0 Å². The molecule has 1 heterocycles. The van der Waals surface area contributed by atoms with Gasteiger partial charge in [0.05, 0.1) is 24.0 Å². The lowest BCUT2D eigenvalue weighted by atomic mass is 10.1. The number of aromatic nitrogens is 2. The van der Waals surface area contributed by atoms with Crippen molar-refractivity contribution in [3.63, 3.8) is 0 Å². The predicted molar refractivity (Wildman–Crippen MR) is 63.3 cm³/mol. The van der Waals surface area contributed by atoms with E-state index in [0.717, 1.165) is 17.0 Å². The van der Waals surface area contributed by atoms with Crippen molar-refractivity contribution in [1.29, 1.82) is 0 Å². The number of nitrogens with zero attached hydrogens (tertiary/aromatic N) is 1. The third-order valence-electron chi connectivity index (χ3n) is 2.01. The van der Waals surface area contributed by atoms with Crippen molar-refractivity contribution >= 4 is 27.5 Å². The Labute approximate surface area is 101 Å². The molecule has 0 aliphatic carbocycles. The first-order valence-corrected chi connectivity index (χ1v) is 5.42. The van der Waals surface area contributed by atoms with Gasteiger partial charge in [0, 0.05) is 5.56 Å². The van der Waals surface area contributed by atoms with Crippen LogP contribution < -0.4 is 4.74 Å². The maximum atomic E-state index is 6.11. The predicted octanol–water partition coefficient (Wildman–Crippen LogP) is 3.50. The van der Waals surface area contributed by atoms with Gasteiger partial charge in [-0.3, -0.25) is 0 Å². The Bertz CT molecular complexity index is 484. The second-order valence-corrected chi connectivity index (χ2v) is 4.09. The molecular formula is C10H8BrClN2O. The van der Waals surface area contributed by atoms with Crippen LogP contribution >= 0.6 is 27.5 Å². The fourth-order valence-corrected chi connectivity index (χ4v) is 1.86. The molecule has 0 spiro atoms. The molecule has 1 aromatic carbocycles. The van der Waals surface area contributed by atoms with Crippen LogP contribution in [0.25, 0.3) is 11.3 Å². The number of aromatic amines is 1. The lowest BCUT2D eigenvalue weighted by Crippen LogP contribution is -1.84. The summed E-state index contributed by atoms with van der Waals surface area (Å²) in [6, 6.07) is 5.52. The molecule has 0 fully saturated rings. The number of methoxy groups -OCH3 is 1. The Kier molecular flexibility index (Phi) is 2.98. The van der Waals surface area contributed by atoms with Gasteiger partial charge in [0.25, 0.3) is 0 Å². The van der Waals surface area contributed by atoms with Crippen molar-refractivity contribution in [2.24, 2.45) is 0 Å². The number of hydrogen-bond donors (Lipinski definition) is 1. The van der Waals surface area contributed by atoms with Crippen LogP contribution in [-0.4, -0.2) is 17.1 Å². The largest absolute Gasteiger partial charge is 0.497 e. The van der Waals surface area contributed by atoms with Crippen molar-refractivity contribution in [2.75, 3.05) is 7.11 Å². The van der Waals surface area contributed by atoms with E-state index in [4.69, 9.17) is 16.3 Å². The Morgan fingerprint density at radius 1 is 1.47 bits per heavy atom. The summed E-state index contributed by atoms with van der Waals surface area (Å²) in [6.45, 7) is 0. The smallest absolute Gasteiger partial charge is 0.174 e. The van der Waals surface area contributed by atoms with Crippen LogP contribution in [0.5, 0.6) is 5.75 Å². The molecule has 0 atom stereocenters. The van der Waals surface area contributed by atoms with Crippen molar-refractivity contribution in [3.05, 3.63) is 34.2 Å². The molecule has 0 unspecified atom stereocenters. The summed E-state index contributed by atoms with van der Waals surface area (Å²) >= 11 is 9.36. The zero-order chi connectivity index (χ0) is 10.8.